The Labute approximate surface area is 129 Å². The van der Waals surface area contributed by atoms with Crippen LogP contribution in [0.2, 0.25) is 10.0 Å². The van der Waals surface area contributed by atoms with Crippen molar-refractivity contribution in [3.63, 3.8) is 0 Å². The second-order valence-corrected chi connectivity index (χ2v) is 6.07. The zero-order chi connectivity index (χ0) is 14.5. The van der Waals surface area contributed by atoms with Crippen LogP contribution in [0.25, 0.3) is 0 Å². The van der Waals surface area contributed by atoms with Crippen LogP contribution in [0.5, 0.6) is 0 Å². The molecule has 0 unspecified atom stereocenters. The molecule has 0 aliphatic rings. The minimum Gasteiger partial charge on any atom is -0.312 e. The van der Waals surface area contributed by atoms with Gasteiger partial charge in [-0.05, 0) is 24.1 Å². The summed E-state index contributed by atoms with van der Waals surface area (Å²) in [5, 5.41) is 8.93. The lowest BCUT2D eigenvalue weighted by molar-refractivity contribution is 0.552. The highest BCUT2D eigenvalue weighted by Crippen LogP contribution is 2.25. The number of benzene rings is 1. The fourth-order valence-electron chi connectivity index (χ4n) is 1.93. The molecule has 0 fully saturated rings. The highest BCUT2D eigenvalue weighted by Gasteiger charge is 2.06. The van der Waals surface area contributed by atoms with Gasteiger partial charge in [0.2, 0.25) is 0 Å². The molecule has 2 rings (SSSR count). The molecule has 1 heterocycles. The van der Waals surface area contributed by atoms with Crippen molar-refractivity contribution in [3.8, 4) is 0 Å². The van der Waals surface area contributed by atoms with Crippen LogP contribution in [0.3, 0.4) is 0 Å². The van der Waals surface area contributed by atoms with Crippen LogP contribution >= 0.6 is 23.2 Å². The van der Waals surface area contributed by atoms with E-state index in [1.807, 2.05) is 29.2 Å². The Morgan fingerprint density at radius 2 is 2.10 bits per heavy atom. The lowest BCUT2D eigenvalue weighted by Gasteiger charge is -2.06. The van der Waals surface area contributed by atoms with Crippen molar-refractivity contribution < 1.29 is 0 Å². The summed E-state index contributed by atoms with van der Waals surface area (Å²) in [6, 6.07) is 5.66. The summed E-state index contributed by atoms with van der Waals surface area (Å²) in [5.74, 6) is 0.648. The molecule has 108 valence electrons. The molecule has 0 aliphatic heterocycles. The van der Waals surface area contributed by atoms with Crippen molar-refractivity contribution in [3.05, 3.63) is 51.8 Å². The zero-order valence-electron chi connectivity index (χ0n) is 11.7. The molecule has 0 aliphatic carbocycles. The van der Waals surface area contributed by atoms with Gasteiger partial charge in [0, 0.05) is 18.3 Å². The molecule has 1 N–H and O–H groups in total. The van der Waals surface area contributed by atoms with Gasteiger partial charge in [0.15, 0.2) is 0 Å². The third-order valence-electron chi connectivity index (χ3n) is 2.93. The van der Waals surface area contributed by atoms with Gasteiger partial charge in [-0.25, -0.2) is 0 Å². The second-order valence-electron chi connectivity index (χ2n) is 5.28. The Balaban J connectivity index is 1.97. The van der Waals surface area contributed by atoms with Gasteiger partial charge < -0.3 is 5.32 Å². The van der Waals surface area contributed by atoms with Crippen molar-refractivity contribution in [2.75, 3.05) is 6.54 Å². The molecule has 0 saturated heterocycles. The van der Waals surface area contributed by atoms with Crippen LogP contribution in [0.4, 0.5) is 0 Å². The number of rotatable bonds is 6. The van der Waals surface area contributed by atoms with Gasteiger partial charge >= 0.3 is 0 Å². The van der Waals surface area contributed by atoms with Crippen LogP contribution in [0.1, 0.15) is 25.0 Å². The van der Waals surface area contributed by atoms with Crippen LogP contribution < -0.4 is 5.32 Å². The first-order valence-electron chi connectivity index (χ1n) is 6.71. The molecule has 1 aromatic carbocycles. The topological polar surface area (TPSA) is 29.9 Å². The molecule has 2 aromatic rings. The molecule has 0 atom stereocenters. The lowest BCUT2D eigenvalue weighted by Crippen LogP contribution is -2.18. The zero-order valence-corrected chi connectivity index (χ0v) is 13.2. The first kappa shape index (κ1) is 15.4. The van der Waals surface area contributed by atoms with Crippen LogP contribution in [0, 0.1) is 5.92 Å². The molecule has 3 nitrogen and oxygen atoms in total. The van der Waals surface area contributed by atoms with Crippen LogP contribution in [-0.4, -0.2) is 16.3 Å². The summed E-state index contributed by atoms with van der Waals surface area (Å²) in [4.78, 5) is 0. The second kappa shape index (κ2) is 7.11. The monoisotopic (exact) mass is 311 g/mol. The fraction of sp³-hybridized carbons (Fsp3) is 0.400. The fourth-order valence-corrected chi connectivity index (χ4v) is 2.31. The molecular weight excluding hydrogens is 293 g/mol. The summed E-state index contributed by atoms with van der Waals surface area (Å²) in [5.41, 5.74) is 2.15. The van der Waals surface area contributed by atoms with Gasteiger partial charge in [-0.15, -0.1) is 0 Å². The van der Waals surface area contributed by atoms with Crippen molar-refractivity contribution >= 4 is 23.2 Å². The Bertz CT molecular complexity index is 564. The minimum atomic E-state index is 0.579. The van der Waals surface area contributed by atoms with Crippen molar-refractivity contribution in [2.24, 2.45) is 5.92 Å². The summed E-state index contributed by atoms with van der Waals surface area (Å²) in [7, 11) is 0. The highest BCUT2D eigenvalue weighted by atomic mass is 35.5. The predicted molar refractivity (Wildman–Crippen MR) is 84.3 cm³/mol. The van der Waals surface area contributed by atoms with Gasteiger partial charge in [-0.1, -0.05) is 49.2 Å². The Hall–Kier alpha value is -1.03. The van der Waals surface area contributed by atoms with E-state index < -0.39 is 0 Å². The van der Waals surface area contributed by atoms with Gasteiger partial charge in [0.1, 0.15) is 0 Å². The molecule has 20 heavy (non-hydrogen) atoms. The number of aromatic nitrogens is 2. The van der Waals surface area contributed by atoms with Crippen molar-refractivity contribution in [1.29, 1.82) is 0 Å². The van der Waals surface area contributed by atoms with E-state index in [2.05, 4.69) is 24.3 Å². The first-order chi connectivity index (χ1) is 9.56. The average Bonchev–Trinajstić information content (AvgIpc) is 2.82. The number of halogens is 2. The van der Waals surface area contributed by atoms with E-state index in [9.17, 15) is 0 Å². The van der Waals surface area contributed by atoms with Gasteiger partial charge in [0.05, 0.1) is 22.8 Å². The summed E-state index contributed by atoms with van der Waals surface area (Å²) in [6.07, 6.45) is 3.91. The van der Waals surface area contributed by atoms with Gasteiger partial charge in [-0.2, -0.15) is 5.10 Å². The largest absolute Gasteiger partial charge is 0.312 e. The van der Waals surface area contributed by atoms with E-state index in [0.29, 0.717) is 22.5 Å². The maximum Gasteiger partial charge on any atom is 0.0674 e. The Morgan fingerprint density at radius 1 is 1.30 bits per heavy atom. The van der Waals surface area contributed by atoms with Crippen LogP contribution in [0.15, 0.2) is 30.6 Å². The first-order valence-corrected chi connectivity index (χ1v) is 7.47. The maximum absolute atomic E-state index is 6.18. The molecule has 0 spiro atoms. The van der Waals surface area contributed by atoms with E-state index in [4.69, 9.17) is 23.2 Å². The number of nitrogens with one attached hydrogen (secondary N) is 1. The summed E-state index contributed by atoms with van der Waals surface area (Å²) >= 11 is 12.2. The van der Waals surface area contributed by atoms with E-state index in [1.165, 1.54) is 5.56 Å². The van der Waals surface area contributed by atoms with Crippen LogP contribution in [-0.2, 0) is 13.1 Å². The average molecular weight is 312 g/mol. The third kappa shape index (κ3) is 4.23. The number of hydrogen-bond donors (Lipinski definition) is 1. The minimum absolute atomic E-state index is 0.579. The van der Waals surface area contributed by atoms with Crippen molar-refractivity contribution in [2.45, 2.75) is 26.9 Å². The van der Waals surface area contributed by atoms with E-state index in [0.717, 1.165) is 18.7 Å². The molecule has 0 amide bonds. The molecule has 1 aromatic heterocycles. The molecule has 0 saturated carbocycles. The Kier molecular flexibility index (Phi) is 5.46. The normalized spacial score (nSPS) is 11.2. The molecule has 0 bridgehead atoms. The van der Waals surface area contributed by atoms with E-state index in [1.54, 1.807) is 6.07 Å². The predicted octanol–water partition coefficient (Wildman–Crippen LogP) is 3.98. The van der Waals surface area contributed by atoms with E-state index >= 15 is 0 Å². The smallest absolute Gasteiger partial charge is 0.0674 e. The maximum atomic E-state index is 6.18. The van der Waals surface area contributed by atoms with E-state index in [-0.39, 0.29) is 0 Å². The van der Waals surface area contributed by atoms with Gasteiger partial charge in [-0.3, -0.25) is 4.68 Å². The lowest BCUT2D eigenvalue weighted by atomic mass is 10.2. The van der Waals surface area contributed by atoms with Crippen molar-refractivity contribution in [1.82, 2.24) is 15.1 Å². The van der Waals surface area contributed by atoms with Gasteiger partial charge in [0.25, 0.3) is 0 Å². The molecule has 5 heteroatoms. The molecule has 0 radical (unpaired) electrons. The number of hydrogen-bond acceptors (Lipinski definition) is 2. The highest BCUT2D eigenvalue weighted by molar-refractivity contribution is 6.42. The standard InChI is InChI=1S/C15H19Cl2N3/c1-11(2)6-18-7-12-8-19-20(9-12)10-13-4-3-5-14(16)15(13)17/h3-5,8-9,11,18H,6-7,10H2,1-2H3. The quantitative estimate of drug-likeness (QED) is 0.874. The molecular formula is C15H19Cl2N3. The number of nitrogens with zero attached hydrogens (tertiary/aromatic N) is 2. The summed E-state index contributed by atoms with van der Waals surface area (Å²) < 4.78 is 1.88. The third-order valence-corrected chi connectivity index (χ3v) is 3.79. The SMILES string of the molecule is CC(C)CNCc1cnn(Cc2cccc(Cl)c2Cl)c1. The summed E-state index contributed by atoms with van der Waals surface area (Å²) in [6.45, 7) is 6.85. The Morgan fingerprint density at radius 3 is 2.85 bits per heavy atom.